The zero-order valence-electron chi connectivity index (χ0n) is 17.0. The van der Waals surface area contributed by atoms with Crippen molar-refractivity contribution in [1.29, 1.82) is 0 Å². The van der Waals surface area contributed by atoms with Crippen LogP contribution < -0.4 is 5.32 Å². The van der Waals surface area contributed by atoms with Gasteiger partial charge >= 0.3 is 5.97 Å². The molecule has 0 unspecified atom stereocenters. The number of esters is 1. The number of hydrogen-bond donors (Lipinski definition) is 1. The van der Waals surface area contributed by atoms with Crippen LogP contribution in [0.1, 0.15) is 5.56 Å². The number of ether oxygens (including phenoxy) is 1. The predicted octanol–water partition coefficient (Wildman–Crippen LogP) is 5.01. The highest BCUT2D eigenvalue weighted by Gasteiger charge is 2.15. The fraction of sp³-hybridized carbons (Fsp3) is 0.125. The monoisotopic (exact) mass is 465 g/mol. The van der Waals surface area contributed by atoms with Gasteiger partial charge in [-0.2, -0.15) is 0 Å². The molecular weight excluding hydrogens is 446 g/mol. The maximum absolute atomic E-state index is 12.2. The second-order valence-corrected chi connectivity index (χ2v) is 8.34. The molecule has 0 aliphatic carbocycles. The van der Waals surface area contributed by atoms with Crippen molar-refractivity contribution < 1.29 is 14.3 Å². The van der Waals surface area contributed by atoms with Gasteiger partial charge in [-0.1, -0.05) is 65.8 Å². The Labute approximate surface area is 194 Å². The second-order valence-electron chi connectivity index (χ2n) is 6.96. The van der Waals surface area contributed by atoms with E-state index in [9.17, 15) is 9.59 Å². The normalized spacial score (nSPS) is 10.8. The Balaban J connectivity index is 1.38. The van der Waals surface area contributed by atoms with Crippen molar-refractivity contribution in [2.24, 2.45) is 0 Å². The van der Waals surface area contributed by atoms with Crippen LogP contribution in [-0.4, -0.2) is 33.8 Å². The maximum atomic E-state index is 12.2. The lowest BCUT2D eigenvalue weighted by Gasteiger charge is -2.10. The molecule has 1 heterocycles. The number of halogens is 1. The Morgan fingerprint density at radius 2 is 1.69 bits per heavy atom. The van der Waals surface area contributed by atoms with Gasteiger partial charge in [0.1, 0.15) is 0 Å². The first-order valence-electron chi connectivity index (χ1n) is 9.91. The summed E-state index contributed by atoms with van der Waals surface area (Å²) in [6.07, 6.45) is 0. The SMILES string of the molecule is O=C(COC(=O)CSc1nc2ccccc2n1Cc1ccc(Cl)cc1)Nc1ccccc1. The van der Waals surface area contributed by atoms with Gasteiger partial charge in [-0.3, -0.25) is 9.59 Å². The van der Waals surface area contributed by atoms with Crippen molar-refractivity contribution in [3.05, 3.63) is 89.4 Å². The van der Waals surface area contributed by atoms with Crippen molar-refractivity contribution in [3.8, 4) is 0 Å². The van der Waals surface area contributed by atoms with Gasteiger partial charge in [-0.25, -0.2) is 4.98 Å². The van der Waals surface area contributed by atoms with Gasteiger partial charge < -0.3 is 14.6 Å². The van der Waals surface area contributed by atoms with E-state index in [4.69, 9.17) is 16.3 Å². The first kappa shape index (κ1) is 21.9. The van der Waals surface area contributed by atoms with E-state index in [2.05, 4.69) is 14.9 Å². The summed E-state index contributed by atoms with van der Waals surface area (Å²) in [6.45, 7) is 0.254. The predicted molar refractivity (Wildman–Crippen MR) is 127 cm³/mol. The van der Waals surface area contributed by atoms with Crippen molar-refractivity contribution in [1.82, 2.24) is 9.55 Å². The summed E-state index contributed by atoms with van der Waals surface area (Å²) in [4.78, 5) is 28.9. The van der Waals surface area contributed by atoms with E-state index in [1.807, 2.05) is 66.7 Å². The first-order valence-corrected chi connectivity index (χ1v) is 11.3. The van der Waals surface area contributed by atoms with E-state index in [0.29, 0.717) is 22.4 Å². The minimum absolute atomic E-state index is 0.0442. The highest BCUT2D eigenvalue weighted by Crippen LogP contribution is 2.25. The number of amides is 1. The summed E-state index contributed by atoms with van der Waals surface area (Å²) >= 11 is 7.28. The van der Waals surface area contributed by atoms with Crippen LogP contribution in [0.3, 0.4) is 0 Å². The van der Waals surface area contributed by atoms with Crippen LogP contribution in [0.4, 0.5) is 5.69 Å². The van der Waals surface area contributed by atoms with Gasteiger partial charge in [0.25, 0.3) is 5.91 Å². The Morgan fingerprint density at radius 1 is 0.969 bits per heavy atom. The molecule has 0 saturated carbocycles. The van der Waals surface area contributed by atoms with E-state index in [0.717, 1.165) is 16.6 Å². The molecule has 4 aromatic rings. The molecule has 0 bridgehead atoms. The molecule has 0 radical (unpaired) electrons. The van der Waals surface area contributed by atoms with Crippen LogP contribution in [0.25, 0.3) is 11.0 Å². The zero-order valence-corrected chi connectivity index (χ0v) is 18.6. The lowest BCUT2D eigenvalue weighted by Crippen LogP contribution is -2.21. The molecule has 0 aliphatic heterocycles. The molecular formula is C24H20ClN3O3S. The fourth-order valence-corrected chi connectivity index (χ4v) is 4.06. The number of fused-ring (bicyclic) bond motifs is 1. The number of benzene rings is 3. The summed E-state index contributed by atoms with van der Waals surface area (Å²) < 4.78 is 7.17. The summed E-state index contributed by atoms with van der Waals surface area (Å²) in [5.74, 6) is -0.824. The molecule has 0 saturated heterocycles. The summed E-state index contributed by atoms with van der Waals surface area (Å²) in [5, 5.41) is 4.06. The molecule has 0 atom stereocenters. The summed E-state index contributed by atoms with van der Waals surface area (Å²) in [6, 6.07) is 24.4. The highest BCUT2D eigenvalue weighted by molar-refractivity contribution is 7.99. The van der Waals surface area contributed by atoms with E-state index in [1.165, 1.54) is 11.8 Å². The topological polar surface area (TPSA) is 73.2 Å². The molecule has 4 rings (SSSR count). The molecule has 162 valence electrons. The Morgan fingerprint density at radius 3 is 2.47 bits per heavy atom. The van der Waals surface area contributed by atoms with Gasteiger partial charge in [0.15, 0.2) is 11.8 Å². The summed E-state index contributed by atoms with van der Waals surface area (Å²) in [5.41, 5.74) is 3.54. The maximum Gasteiger partial charge on any atom is 0.316 e. The minimum Gasteiger partial charge on any atom is -0.455 e. The quantitative estimate of drug-likeness (QED) is 0.292. The van der Waals surface area contributed by atoms with Crippen molar-refractivity contribution in [3.63, 3.8) is 0 Å². The lowest BCUT2D eigenvalue weighted by molar-refractivity contribution is -0.144. The van der Waals surface area contributed by atoms with Crippen LogP contribution in [0.5, 0.6) is 0 Å². The summed E-state index contributed by atoms with van der Waals surface area (Å²) in [7, 11) is 0. The van der Waals surface area contributed by atoms with Crippen LogP contribution in [-0.2, 0) is 20.9 Å². The largest absolute Gasteiger partial charge is 0.455 e. The van der Waals surface area contributed by atoms with Crippen LogP contribution >= 0.6 is 23.4 Å². The lowest BCUT2D eigenvalue weighted by atomic mass is 10.2. The van der Waals surface area contributed by atoms with Crippen molar-refractivity contribution in [2.75, 3.05) is 17.7 Å². The standard InChI is InChI=1S/C24H20ClN3O3S/c25-18-12-10-17(11-13-18)14-28-21-9-5-4-8-20(21)27-24(28)32-16-23(30)31-15-22(29)26-19-6-2-1-3-7-19/h1-13H,14-16H2,(H,26,29). The third kappa shape index (κ3) is 5.69. The van der Waals surface area contributed by atoms with E-state index >= 15 is 0 Å². The fourth-order valence-electron chi connectivity index (χ4n) is 3.12. The zero-order chi connectivity index (χ0) is 22.3. The number of thioether (sulfide) groups is 1. The molecule has 1 amide bonds. The van der Waals surface area contributed by atoms with Crippen molar-refractivity contribution >= 4 is 52.0 Å². The number of nitrogens with one attached hydrogen (secondary N) is 1. The van der Waals surface area contributed by atoms with E-state index < -0.39 is 5.97 Å². The van der Waals surface area contributed by atoms with E-state index in [-0.39, 0.29) is 18.3 Å². The number of hydrogen-bond acceptors (Lipinski definition) is 5. The molecule has 8 heteroatoms. The molecule has 32 heavy (non-hydrogen) atoms. The molecule has 6 nitrogen and oxygen atoms in total. The number of para-hydroxylation sites is 3. The molecule has 1 aromatic heterocycles. The van der Waals surface area contributed by atoms with Gasteiger partial charge in [-0.05, 0) is 42.0 Å². The molecule has 1 N–H and O–H groups in total. The second kappa shape index (κ2) is 10.3. The Bertz CT molecular complexity index is 1230. The molecule has 3 aromatic carbocycles. The number of carbonyl (C=O) groups is 2. The third-order valence-electron chi connectivity index (χ3n) is 4.61. The van der Waals surface area contributed by atoms with Crippen LogP contribution in [0.15, 0.2) is 84.0 Å². The van der Waals surface area contributed by atoms with Crippen LogP contribution in [0.2, 0.25) is 5.02 Å². The minimum atomic E-state index is -0.483. The van der Waals surface area contributed by atoms with Gasteiger partial charge in [-0.15, -0.1) is 0 Å². The third-order valence-corrected chi connectivity index (χ3v) is 5.82. The van der Waals surface area contributed by atoms with Gasteiger partial charge in [0, 0.05) is 10.7 Å². The van der Waals surface area contributed by atoms with Gasteiger partial charge in [0.05, 0.1) is 23.3 Å². The first-order chi connectivity index (χ1) is 15.6. The van der Waals surface area contributed by atoms with Crippen molar-refractivity contribution in [2.45, 2.75) is 11.7 Å². The smallest absolute Gasteiger partial charge is 0.316 e. The number of carbonyl (C=O) groups excluding carboxylic acids is 2. The molecule has 0 fully saturated rings. The van der Waals surface area contributed by atoms with E-state index in [1.54, 1.807) is 12.1 Å². The van der Waals surface area contributed by atoms with Gasteiger partial charge in [0.2, 0.25) is 0 Å². The average Bonchev–Trinajstić information content (AvgIpc) is 3.16. The average molecular weight is 466 g/mol. The number of nitrogens with zero attached hydrogens (tertiary/aromatic N) is 2. The number of anilines is 1. The number of aromatic nitrogens is 2. The van der Waals surface area contributed by atoms with Crippen LogP contribution in [0, 0.1) is 0 Å². The number of rotatable bonds is 8. The highest BCUT2D eigenvalue weighted by atomic mass is 35.5. The molecule has 0 aliphatic rings. The Kier molecular flexibility index (Phi) is 7.09. The Hall–Kier alpha value is -3.29. The molecule has 0 spiro atoms. The number of imidazole rings is 1.